The third-order valence-corrected chi connectivity index (χ3v) is 8.71. The average molecular weight is 452 g/mol. The largest absolute Gasteiger partial charge is 0.495 e. The van der Waals surface area contributed by atoms with Gasteiger partial charge in [0.15, 0.2) is 0 Å². The number of carbonyl (C=O) groups excluding carboxylic acids is 1. The minimum atomic E-state index is -3.73. The number of hydrogen-bond acceptors (Lipinski definition) is 5. The Morgan fingerprint density at radius 3 is 2.29 bits per heavy atom. The summed E-state index contributed by atoms with van der Waals surface area (Å²) in [6.07, 6.45) is 6.72. The molecule has 0 radical (unpaired) electrons. The van der Waals surface area contributed by atoms with Gasteiger partial charge in [0.05, 0.1) is 7.11 Å². The van der Waals surface area contributed by atoms with Crippen molar-refractivity contribution in [3.8, 4) is 5.75 Å². The van der Waals surface area contributed by atoms with Gasteiger partial charge in [-0.3, -0.25) is 9.69 Å². The lowest BCUT2D eigenvalue weighted by atomic mass is 9.89. The van der Waals surface area contributed by atoms with Gasteiger partial charge >= 0.3 is 0 Å². The van der Waals surface area contributed by atoms with Crippen LogP contribution < -0.4 is 4.74 Å². The standard InChI is InChI=1S/C23H37N3O4S/c1-4-26(5-2)31(28,29)22-17-20(11-12-21(22)30-3)23(27)25-15-13-24(14-16-25)18-19-9-7-6-8-10-19/h11-12,17,19H,4-10,13-16,18H2,1-3H3. The number of rotatable bonds is 8. The molecule has 1 aliphatic carbocycles. The molecule has 1 heterocycles. The molecule has 1 saturated heterocycles. The minimum absolute atomic E-state index is 0.0560. The fraction of sp³-hybridized carbons (Fsp3) is 0.696. The van der Waals surface area contributed by atoms with Crippen molar-refractivity contribution in [2.45, 2.75) is 50.8 Å². The predicted octanol–water partition coefficient (Wildman–Crippen LogP) is 3.06. The van der Waals surface area contributed by atoms with Gasteiger partial charge in [-0.05, 0) is 37.0 Å². The smallest absolute Gasteiger partial charge is 0.253 e. The number of sulfonamides is 1. The highest BCUT2D eigenvalue weighted by Gasteiger charge is 2.29. The SMILES string of the molecule is CCN(CC)S(=O)(=O)c1cc(C(=O)N2CCN(CC3CCCCC3)CC2)ccc1OC. The number of nitrogens with zero attached hydrogens (tertiary/aromatic N) is 3. The van der Waals surface area contributed by atoms with Crippen molar-refractivity contribution >= 4 is 15.9 Å². The Morgan fingerprint density at radius 2 is 1.71 bits per heavy atom. The first-order valence-corrected chi connectivity index (χ1v) is 13.0. The zero-order valence-electron chi connectivity index (χ0n) is 19.2. The summed E-state index contributed by atoms with van der Waals surface area (Å²) in [6.45, 7) is 8.57. The summed E-state index contributed by atoms with van der Waals surface area (Å²) in [4.78, 5) is 17.5. The third kappa shape index (κ3) is 5.59. The van der Waals surface area contributed by atoms with Crippen LogP contribution in [0.15, 0.2) is 23.1 Å². The van der Waals surface area contributed by atoms with Crippen LogP contribution in [-0.2, 0) is 10.0 Å². The first-order valence-electron chi connectivity index (χ1n) is 11.6. The summed E-state index contributed by atoms with van der Waals surface area (Å²) in [7, 11) is -2.28. The second-order valence-electron chi connectivity index (χ2n) is 8.55. The van der Waals surface area contributed by atoms with E-state index in [0.29, 0.717) is 31.7 Å². The summed E-state index contributed by atoms with van der Waals surface area (Å²) in [5.41, 5.74) is 0.396. The van der Waals surface area contributed by atoms with E-state index in [2.05, 4.69) is 4.90 Å². The van der Waals surface area contributed by atoms with Crippen molar-refractivity contribution in [3.63, 3.8) is 0 Å². The lowest BCUT2D eigenvalue weighted by Crippen LogP contribution is -2.49. The fourth-order valence-electron chi connectivity index (χ4n) is 4.76. The van der Waals surface area contributed by atoms with Crippen LogP contribution in [0, 0.1) is 5.92 Å². The number of piperazine rings is 1. The summed E-state index contributed by atoms with van der Waals surface area (Å²) in [5.74, 6) is 0.946. The number of amides is 1. The maximum atomic E-state index is 13.1. The zero-order valence-corrected chi connectivity index (χ0v) is 20.0. The van der Waals surface area contributed by atoms with Crippen molar-refractivity contribution in [2.24, 2.45) is 5.92 Å². The van der Waals surface area contributed by atoms with Crippen LogP contribution in [0.2, 0.25) is 0 Å². The summed E-state index contributed by atoms with van der Waals surface area (Å²) < 4.78 is 32.8. The molecule has 0 atom stereocenters. The van der Waals surface area contributed by atoms with E-state index < -0.39 is 10.0 Å². The molecule has 0 aromatic heterocycles. The molecule has 0 N–H and O–H groups in total. The normalized spacial score (nSPS) is 19.0. The van der Waals surface area contributed by atoms with Crippen molar-refractivity contribution in [1.82, 2.24) is 14.1 Å². The fourth-order valence-corrected chi connectivity index (χ4v) is 6.40. The summed E-state index contributed by atoms with van der Waals surface area (Å²) >= 11 is 0. The molecule has 1 saturated carbocycles. The molecule has 2 aliphatic rings. The van der Waals surface area contributed by atoms with Gasteiger partial charge < -0.3 is 9.64 Å². The van der Waals surface area contributed by atoms with Gasteiger partial charge in [0.2, 0.25) is 10.0 Å². The lowest BCUT2D eigenvalue weighted by molar-refractivity contribution is 0.0606. The quantitative estimate of drug-likeness (QED) is 0.608. The van der Waals surface area contributed by atoms with Crippen molar-refractivity contribution in [3.05, 3.63) is 23.8 Å². The molecule has 1 aromatic carbocycles. The van der Waals surface area contributed by atoms with Crippen LogP contribution in [0.4, 0.5) is 0 Å². The second-order valence-corrected chi connectivity index (χ2v) is 10.5. The third-order valence-electron chi connectivity index (χ3n) is 6.63. The van der Waals surface area contributed by atoms with Crippen molar-refractivity contribution < 1.29 is 17.9 Å². The van der Waals surface area contributed by atoms with Crippen LogP contribution in [-0.4, -0.2) is 81.4 Å². The van der Waals surface area contributed by atoms with Gasteiger partial charge in [-0.1, -0.05) is 33.1 Å². The van der Waals surface area contributed by atoms with E-state index in [1.807, 2.05) is 4.90 Å². The molecule has 8 heteroatoms. The van der Waals surface area contributed by atoms with Crippen LogP contribution in [0.1, 0.15) is 56.3 Å². The van der Waals surface area contributed by atoms with E-state index in [1.165, 1.54) is 49.6 Å². The molecule has 0 bridgehead atoms. The van der Waals surface area contributed by atoms with Crippen LogP contribution in [0.5, 0.6) is 5.75 Å². The zero-order chi connectivity index (χ0) is 22.4. The van der Waals surface area contributed by atoms with Gasteiger partial charge in [0.1, 0.15) is 10.6 Å². The van der Waals surface area contributed by atoms with Crippen LogP contribution >= 0.6 is 0 Å². The van der Waals surface area contributed by atoms with E-state index in [4.69, 9.17) is 4.74 Å². The monoisotopic (exact) mass is 451 g/mol. The van der Waals surface area contributed by atoms with Crippen LogP contribution in [0.25, 0.3) is 0 Å². The van der Waals surface area contributed by atoms with Gasteiger partial charge in [-0.15, -0.1) is 0 Å². The van der Waals surface area contributed by atoms with Crippen LogP contribution in [0.3, 0.4) is 0 Å². The van der Waals surface area contributed by atoms with E-state index >= 15 is 0 Å². The predicted molar refractivity (Wildman–Crippen MR) is 122 cm³/mol. The molecule has 31 heavy (non-hydrogen) atoms. The Bertz CT molecular complexity index is 840. The van der Waals surface area contributed by atoms with E-state index in [-0.39, 0.29) is 16.6 Å². The minimum Gasteiger partial charge on any atom is -0.495 e. The highest BCUT2D eigenvalue weighted by atomic mass is 32.2. The Balaban J connectivity index is 1.69. The molecule has 1 aromatic rings. The number of hydrogen-bond donors (Lipinski definition) is 0. The Kier molecular flexibility index (Phi) is 8.36. The van der Waals surface area contributed by atoms with E-state index in [0.717, 1.165) is 25.6 Å². The van der Waals surface area contributed by atoms with Gasteiger partial charge in [0, 0.05) is 51.4 Å². The molecular formula is C23H37N3O4S. The first-order chi connectivity index (χ1) is 14.9. The molecule has 1 amide bonds. The Morgan fingerprint density at radius 1 is 1.06 bits per heavy atom. The van der Waals surface area contributed by atoms with Crippen molar-refractivity contribution in [1.29, 1.82) is 0 Å². The maximum Gasteiger partial charge on any atom is 0.253 e. The number of carbonyl (C=O) groups is 1. The van der Waals surface area contributed by atoms with E-state index in [9.17, 15) is 13.2 Å². The molecule has 1 aliphatic heterocycles. The number of ether oxygens (including phenoxy) is 1. The Labute approximate surface area is 187 Å². The molecule has 174 valence electrons. The molecular weight excluding hydrogens is 414 g/mol. The summed E-state index contributed by atoms with van der Waals surface area (Å²) in [5, 5.41) is 0. The Hall–Kier alpha value is -1.64. The molecule has 0 unspecified atom stereocenters. The van der Waals surface area contributed by atoms with Gasteiger partial charge in [-0.2, -0.15) is 4.31 Å². The van der Waals surface area contributed by atoms with E-state index in [1.54, 1.807) is 26.0 Å². The molecule has 3 rings (SSSR count). The van der Waals surface area contributed by atoms with Crippen molar-refractivity contribution in [2.75, 3.05) is 52.9 Å². The molecule has 2 fully saturated rings. The topological polar surface area (TPSA) is 70.2 Å². The number of benzene rings is 1. The lowest BCUT2D eigenvalue weighted by Gasteiger charge is -2.37. The first kappa shape index (κ1) is 24.0. The maximum absolute atomic E-state index is 13.1. The highest BCUT2D eigenvalue weighted by Crippen LogP contribution is 2.29. The molecule has 0 spiro atoms. The molecule has 7 nitrogen and oxygen atoms in total. The van der Waals surface area contributed by atoms with Gasteiger partial charge in [0.25, 0.3) is 5.91 Å². The average Bonchev–Trinajstić information content (AvgIpc) is 2.80. The summed E-state index contributed by atoms with van der Waals surface area (Å²) in [6, 6.07) is 4.73. The number of methoxy groups -OCH3 is 1. The second kappa shape index (κ2) is 10.8. The highest BCUT2D eigenvalue weighted by molar-refractivity contribution is 7.89. The van der Waals surface area contributed by atoms with Gasteiger partial charge in [-0.25, -0.2) is 8.42 Å².